The molecule has 0 aliphatic carbocycles. The predicted octanol–water partition coefficient (Wildman–Crippen LogP) is 2.54. The molecule has 2 heterocycles. The van der Waals surface area contributed by atoms with Crippen LogP contribution in [0.5, 0.6) is 0 Å². The maximum absolute atomic E-state index is 13.4. The van der Waals surface area contributed by atoms with E-state index in [0.29, 0.717) is 18.7 Å². The smallest absolute Gasteiger partial charge is 0.323 e. The normalized spacial score (nSPS) is 22.0. The van der Waals surface area contributed by atoms with E-state index in [0.717, 1.165) is 22.3 Å². The first-order valence-corrected chi connectivity index (χ1v) is 9.75. The average molecular weight is 392 g/mol. The monoisotopic (exact) mass is 392 g/mol. The number of anilines is 1. The number of carbonyl (C=O) groups excluding carboxylic acids is 3. The van der Waals surface area contributed by atoms with Gasteiger partial charge in [-0.25, -0.2) is 4.90 Å². The second kappa shape index (κ2) is 7.44. The molecule has 0 saturated carbocycles. The van der Waals surface area contributed by atoms with E-state index in [1.807, 2.05) is 61.2 Å². The standard InChI is InChI=1S/C23H24N2O4/c1-14-8-9-15(2)18(10-14)25-21(26)12-19(22(25)27)24-13-17-7-5-4-6-16(17)11-20(24)23(28)29-3/h4-10,19-20H,11-13H2,1-3H3/t19-,20-/m0/s1. The highest BCUT2D eigenvalue weighted by molar-refractivity contribution is 6.22. The summed E-state index contributed by atoms with van der Waals surface area (Å²) in [7, 11) is 1.35. The zero-order valence-corrected chi connectivity index (χ0v) is 16.8. The number of methoxy groups -OCH3 is 1. The van der Waals surface area contributed by atoms with Gasteiger partial charge in [-0.15, -0.1) is 0 Å². The molecule has 2 amide bonds. The first-order chi connectivity index (χ1) is 13.9. The van der Waals surface area contributed by atoms with Crippen molar-refractivity contribution in [1.82, 2.24) is 4.90 Å². The molecule has 0 radical (unpaired) electrons. The third-order valence-electron chi connectivity index (χ3n) is 5.89. The van der Waals surface area contributed by atoms with Crippen LogP contribution < -0.4 is 4.90 Å². The molecular formula is C23H24N2O4. The summed E-state index contributed by atoms with van der Waals surface area (Å²) in [4.78, 5) is 41.8. The number of hydrogen-bond donors (Lipinski definition) is 0. The Hall–Kier alpha value is -2.99. The second-order valence-corrected chi connectivity index (χ2v) is 7.76. The van der Waals surface area contributed by atoms with E-state index < -0.39 is 12.1 Å². The summed E-state index contributed by atoms with van der Waals surface area (Å²) in [6, 6.07) is 12.3. The van der Waals surface area contributed by atoms with Crippen LogP contribution in [0.15, 0.2) is 42.5 Å². The molecule has 29 heavy (non-hydrogen) atoms. The Bertz CT molecular complexity index is 1000. The van der Waals surface area contributed by atoms with Crippen LogP contribution in [-0.4, -0.2) is 41.9 Å². The largest absolute Gasteiger partial charge is 0.468 e. The van der Waals surface area contributed by atoms with Gasteiger partial charge >= 0.3 is 5.97 Å². The molecular weight excluding hydrogens is 368 g/mol. The quantitative estimate of drug-likeness (QED) is 0.593. The summed E-state index contributed by atoms with van der Waals surface area (Å²) in [6.45, 7) is 4.25. The van der Waals surface area contributed by atoms with Gasteiger partial charge in [-0.2, -0.15) is 0 Å². The van der Waals surface area contributed by atoms with E-state index in [1.165, 1.54) is 12.0 Å². The molecule has 2 aromatic carbocycles. The SMILES string of the molecule is COC(=O)[C@@H]1Cc2ccccc2CN1[C@H]1CC(=O)N(c2cc(C)ccc2C)C1=O. The van der Waals surface area contributed by atoms with Crippen molar-refractivity contribution >= 4 is 23.5 Å². The number of carbonyl (C=O) groups is 3. The molecule has 2 aliphatic heterocycles. The molecule has 0 N–H and O–H groups in total. The van der Waals surface area contributed by atoms with Crippen LogP contribution in [0.3, 0.4) is 0 Å². The van der Waals surface area contributed by atoms with Crippen molar-refractivity contribution in [2.45, 2.75) is 45.3 Å². The predicted molar refractivity (Wildman–Crippen MR) is 108 cm³/mol. The van der Waals surface area contributed by atoms with Crippen LogP contribution in [0.2, 0.25) is 0 Å². The van der Waals surface area contributed by atoms with Gasteiger partial charge in [-0.05, 0) is 48.6 Å². The van der Waals surface area contributed by atoms with Crippen molar-refractivity contribution in [1.29, 1.82) is 0 Å². The van der Waals surface area contributed by atoms with Crippen LogP contribution in [-0.2, 0) is 32.1 Å². The fourth-order valence-corrected chi connectivity index (χ4v) is 4.31. The number of ether oxygens (including phenoxy) is 1. The van der Waals surface area contributed by atoms with Crippen LogP contribution in [0, 0.1) is 13.8 Å². The summed E-state index contributed by atoms with van der Waals surface area (Å²) < 4.78 is 5.01. The molecule has 0 unspecified atom stereocenters. The van der Waals surface area contributed by atoms with Gasteiger partial charge in [0.05, 0.1) is 19.2 Å². The molecule has 2 atom stereocenters. The summed E-state index contributed by atoms with van der Waals surface area (Å²) >= 11 is 0. The van der Waals surface area contributed by atoms with Gasteiger partial charge < -0.3 is 4.74 Å². The van der Waals surface area contributed by atoms with E-state index in [4.69, 9.17) is 4.74 Å². The molecule has 0 spiro atoms. The van der Waals surface area contributed by atoms with E-state index in [2.05, 4.69) is 0 Å². The molecule has 1 fully saturated rings. The van der Waals surface area contributed by atoms with Crippen molar-refractivity contribution in [2.75, 3.05) is 12.0 Å². The van der Waals surface area contributed by atoms with Gasteiger partial charge in [0.25, 0.3) is 5.91 Å². The third kappa shape index (κ3) is 3.34. The highest BCUT2D eigenvalue weighted by atomic mass is 16.5. The molecule has 2 aliphatic rings. The molecule has 6 nitrogen and oxygen atoms in total. The summed E-state index contributed by atoms with van der Waals surface area (Å²) in [5.74, 6) is -0.905. The van der Waals surface area contributed by atoms with Gasteiger partial charge in [0, 0.05) is 6.54 Å². The summed E-state index contributed by atoms with van der Waals surface area (Å²) in [5, 5.41) is 0. The first-order valence-electron chi connectivity index (χ1n) is 9.75. The van der Waals surface area contributed by atoms with Crippen molar-refractivity contribution in [3.8, 4) is 0 Å². The Labute approximate surface area is 170 Å². The van der Waals surface area contributed by atoms with Gasteiger partial charge in [-0.3, -0.25) is 19.3 Å². The third-order valence-corrected chi connectivity index (χ3v) is 5.89. The number of fused-ring (bicyclic) bond motifs is 1. The van der Waals surface area contributed by atoms with Crippen molar-refractivity contribution < 1.29 is 19.1 Å². The van der Waals surface area contributed by atoms with Gasteiger partial charge in [0.15, 0.2) is 0 Å². The molecule has 2 aromatic rings. The lowest BCUT2D eigenvalue weighted by atomic mass is 9.92. The Balaban J connectivity index is 1.70. The number of benzene rings is 2. The molecule has 6 heteroatoms. The number of esters is 1. The van der Waals surface area contributed by atoms with Gasteiger partial charge in [0.2, 0.25) is 5.91 Å². The highest BCUT2D eigenvalue weighted by Crippen LogP contribution is 2.33. The zero-order valence-electron chi connectivity index (χ0n) is 16.8. The lowest BCUT2D eigenvalue weighted by Crippen LogP contribution is -2.53. The molecule has 0 aromatic heterocycles. The zero-order chi connectivity index (χ0) is 20.7. The number of amides is 2. The summed E-state index contributed by atoms with van der Waals surface area (Å²) in [5.41, 5.74) is 4.61. The van der Waals surface area contributed by atoms with E-state index in [9.17, 15) is 14.4 Å². The molecule has 0 bridgehead atoms. The van der Waals surface area contributed by atoms with Gasteiger partial charge in [0.1, 0.15) is 12.1 Å². The minimum absolute atomic E-state index is 0.0574. The number of hydrogen-bond acceptors (Lipinski definition) is 5. The van der Waals surface area contributed by atoms with E-state index in [1.54, 1.807) is 0 Å². The molecule has 1 saturated heterocycles. The molecule has 150 valence electrons. The maximum Gasteiger partial charge on any atom is 0.323 e. The van der Waals surface area contributed by atoms with Crippen LogP contribution in [0.4, 0.5) is 5.69 Å². The second-order valence-electron chi connectivity index (χ2n) is 7.76. The van der Waals surface area contributed by atoms with Crippen LogP contribution >= 0.6 is 0 Å². The number of imide groups is 1. The number of nitrogens with zero attached hydrogens (tertiary/aromatic N) is 2. The van der Waals surface area contributed by atoms with E-state index in [-0.39, 0.29) is 24.2 Å². The van der Waals surface area contributed by atoms with Crippen LogP contribution in [0.1, 0.15) is 28.7 Å². The van der Waals surface area contributed by atoms with Crippen molar-refractivity contribution in [3.63, 3.8) is 0 Å². The molecule has 4 rings (SSSR count). The fraction of sp³-hybridized carbons (Fsp3) is 0.348. The minimum atomic E-state index is -0.681. The summed E-state index contributed by atoms with van der Waals surface area (Å²) in [6.07, 6.45) is 0.520. The van der Waals surface area contributed by atoms with Crippen molar-refractivity contribution in [2.24, 2.45) is 0 Å². The van der Waals surface area contributed by atoms with Gasteiger partial charge in [-0.1, -0.05) is 36.4 Å². The maximum atomic E-state index is 13.4. The first kappa shape index (κ1) is 19.3. The number of rotatable bonds is 3. The Morgan fingerprint density at radius 1 is 1.03 bits per heavy atom. The van der Waals surface area contributed by atoms with Crippen LogP contribution in [0.25, 0.3) is 0 Å². The van der Waals surface area contributed by atoms with Crippen molar-refractivity contribution in [3.05, 3.63) is 64.7 Å². The minimum Gasteiger partial charge on any atom is -0.468 e. The Morgan fingerprint density at radius 3 is 2.48 bits per heavy atom. The Kier molecular flexibility index (Phi) is 4.96. The lowest BCUT2D eigenvalue weighted by molar-refractivity contribution is -0.149. The highest BCUT2D eigenvalue weighted by Gasteiger charge is 2.47. The Morgan fingerprint density at radius 2 is 1.76 bits per heavy atom. The fourth-order valence-electron chi connectivity index (χ4n) is 4.31. The topological polar surface area (TPSA) is 66.9 Å². The lowest BCUT2D eigenvalue weighted by Gasteiger charge is -2.37. The number of aryl methyl sites for hydroxylation is 2. The van der Waals surface area contributed by atoms with E-state index >= 15 is 0 Å². The average Bonchev–Trinajstić information content (AvgIpc) is 3.02.